The van der Waals surface area contributed by atoms with Gasteiger partial charge >= 0.3 is 5.97 Å². The second kappa shape index (κ2) is 10.9. The van der Waals surface area contributed by atoms with Gasteiger partial charge in [-0.1, -0.05) is 27.7 Å². The van der Waals surface area contributed by atoms with E-state index < -0.39 is 25.9 Å². The standard InChI is InChI=1S/C26H34F2N4O3Si/c1-8-19(35-36(6,7)26(2,3)4)16-32-23(17-11-12-29-22(13-17)25(33)34-5)15-24(31-32)30-18-9-10-20(27)21(28)14-18/h9-15,19H,8,16H2,1-7H3,(H,30,31)/t19-/m0/s1. The molecule has 0 unspecified atom stereocenters. The Labute approximate surface area is 212 Å². The monoisotopic (exact) mass is 516 g/mol. The predicted octanol–water partition coefficient (Wildman–Crippen LogP) is 6.55. The predicted molar refractivity (Wildman–Crippen MR) is 139 cm³/mol. The minimum absolute atomic E-state index is 0.0489. The van der Waals surface area contributed by atoms with Gasteiger partial charge in [-0.05, 0) is 48.8 Å². The lowest BCUT2D eigenvalue weighted by atomic mass is 10.1. The van der Waals surface area contributed by atoms with Crippen molar-refractivity contribution in [1.82, 2.24) is 14.8 Å². The third-order valence-corrected chi connectivity index (χ3v) is 11.1. The van der Waals surface area contributed by atoms with Crippen LogP contribution in [0.1, 0.15) is 44.6 Å². The largest absolute Gasteiger partial charge is 0.464 e. The third-order valence-electron chi connectivity index (χ3n) is 6.52. The highest BCUT2D eigenvalue weighted by Crippen LogP contribution is 2.38. The molecular formula is C26H34F2N4O3Si. The van der Waals surface area contributed by atoms with Crippen LogP contribution in [0.25, 0.3) is 11.3 Å². The number of pyridine rings is 1. The number of halogens is 2. The zero-order valence-electron chi connectivity index (χ0n) is 21.9. The number of hydrogen-bond donors (Lipinski definition) is 1. The van der Waals surface area contributed by atoms with Crippen molar-refractivity contribution in [2.45, 2.75) is 64.9 Å². The molecule has 0 aliphatic rings. The van der Waals surface area contributed by atoms with E-state index in [9.17, 15) is 13.6 Å². The molecule has 0 saturated heterocycles. The van der Waals surface area contributed by atoms with E-state index in [2.05, 4.69) is 51.1 Å². The highest BCUT2D eigenvalue weighted by molar-refractivity contribution is 6.74. The van der Waals surface area contributed by atoms with Gasteiger partial charge in [0.1, 0.15) is 5.69 Å². The molecule has 10 heteroatoms. The average Bonchev–Trinajstić information content (AvgIpc) is 3.21. The van der Waals surface area contributed by atoms with Crippen molar-refractivity contribution in [3.8, 4) is 11.3 Å². The first-order valence-corrected chi connectivity index (χ1v) is 14.8. The molecule has 0 spiro atoms. The van der Waals surface area contributed by atoms with Crippen molar-refractivity contribution in [2.24, 2.45) is 0 Å². The van der Waals surface area contributed by atoms with Gasteiger partial charge < -0.3 is 14.5 Å². The number of hydrogen-bond acceptors (Lipinski definition) is 6. The van der Waals surface area contributed by atoms with Gasteiger partial charge in [-0.3, -0.25) is 4.68 Å². The highest BCUT2D eigenvalue weighted by atomic mass is 28.4. The van der Waals surface area contributed by atoms with Crippen molar-refractivity contribution < 1.29 is 22.7 Å². The summed E-state index contributed by atoms with van der Waals surface area (Å²) in [6, 6.07) is 8.77. The van der Waals surface area contributed by atoms with E-state index in [0.717, 1.165) is 18.6 Å². The lowest BCUT2D eigenvalue weighted by Gasteiger charge is -2.39. The molecule has 3 rings (SSSR count). The van der Waals surface area contributed by atoms with Crippen LogP contribution < -0.4 is 5.32 Å². The lowest BCUT2D eigenvalue weighted by molar-refractivity contribution is 0.0594. The number of aromatic nitrogens is 3. The SMILES string of the molecule is CC[C@@H](Cn1nc(Nc2ccc(F)c(F)c2)cc1-c1ccnc(C(=O)OC)c1)O[Si](C)(C)C(C)(C)C. The van der Waals surface area contributed by atoms with E-state index in [0.29, 0.717) is 29.3 Å². The van der Waals surface area contributed by atoms with Crippen molar-refractivity contribution in [3.63, 3.8) is 0 Å². The average molecular weight is 517 g/mol. The van der Waals surface area contributed by atoms with E-state index in [1.807, 2.05) is 0 Å². The van der Waals surface area contributed by atoms with Crippen molar-refractivity contribution in [3.05, 3.63) is 59.9 Å². The number of carbonyl (C=O) groups excluding carboxylic acids is 1. The Balaban J connectivity index is 2.00. The second-order valence-electron chi connectivity index (χ2n) is 10.2. The molecular weight excluding hydrogens is 482 g/mol. The van der Waals surface area contributed by atoms with Gasteiger partial charge in [0.15, 0.2) is 25.8 Å². The van der Waals surface area contributed by atoms with E-state index in [1.165, 1.54) is 19.4 Å². The fourth-order valence-corrected chi connectivity index (χ4v) is 4.84. The highest BCUT2D eigenvalue weighted by Gasteiger charge is 2.39. The Bertz CT molecular complexity index is 1220. The number of methoxy groups -OCH3 is 1. The summed E-state index contributed by atoms with van der Waals surface area (Å²) in [5.74, 6) is -1.98. The van der Waals surface area contributed by atoms with Crippen LogP contribution in [-0.4, -0.2) is 42.3 Å². The maximum atomic E-state index is 13.8. The molecule has 0 radical (unpaired) electrons. The first-order valence-electron chi connectivity index (χ1n) is 11.9. The van der Waals surface area contributed by atoms with Gasteiger partial charge in [0.2, 0.25) is 0 Å². The number of nitrogens with zero attached hydrogens (tertiary/aromatic N) is 3. The van der Waals surface area contributed by atoms with Crippen molar-refractivity contribution >= 4 is 25.8 Å². The van der Waals surface area contributed by atoms with E-state index in [4.69, 9.17) is 14.3 Å². The molecule has 194 valence electrons. The molecule has 0 aliphatic heterocycles. The molecule has 3 aromatic rings. The summed E-state index contributed by atoms with van der Waals surface area (Å²) in [4.78, 5) is 16.2. The smallest absolute Gasteiger partial charge is 0.356 e. The van der Waals surface area contributed by atoms with E-state index in [-0.39, 0.29) is 16.8 Å². The molecule has 7 nitrogen and oxygen atoms in total. The number of rotatable bonds is 9. The lowest BCUT2D eigenvalue weighted by Crippen LogP contribution is -2.44. The Morgan fingerprint density at radius 3 is 2.47 bits per heavy atom. The summed E-state index contributed by atoms with van der Waals surface area (Å²) in [6.07, 6.45) is 2.22. The molecule has 1 atom stereocenters. The van der Waals surface area contributed by atoms with Crippen LogP contribution in [0.2, 0.25) is 18.1 Å². The van der Waals surface area contributed by atoms with Gasteiger partial charge in [-0.2, -0.15) is 5.10 Å². The maximum Gasteiger partial charge on any atom is 0.356 e. The van der Waals surface area contributed by atoms with Gasteiger partial charge in [0, 0.05) is 29.6 Å². The summed E-state index contributed by atoms with van der Waals surface area (Å²) in [6.45, 7) is 13.5. The molecule has 0 amide bonds. The molecule has 0 saturated carbocycles. The summed E-state index contributed by atoms with van der Waals surface area (Å²) in [7, 11) is -0.739. The van der Waals surface area contributed by atoms with Crippen LogP contribution in [0, 0.1) is 11.6 Å². The minimum Gasteiger partial charge on any atom is -0.464 e. The van der Waals surface area contributed by atoms with Crippen LogP contribution >= 0.6 is 0 Å². The Morgan fingerprint density at radius 1 is 1.14 bits per heavy atom. The normalized spacial score (nSPS) is 12.9. The first-order chi connectivity index (χ1) is 16.8. The van der Waals surface area contributed by atoms with Crippen LogP contribution in [0.4, 0.5) is 20.3 Å². The number of carbonyl (C=O) groups is 1. The topological polar surface area (TPSA) is 78.3 Å². The molecule has 1 aromatic carbocycles. The molecule has 1 N–H and O–H groups in total. The molecule has 0 fully saturated rings. The zero-order chi connectivity index (χ0) is 26.7. The van der Waals surface area contributed by atoms with Crippen molar-refractivity contribution in [2.75, 3.05) is 12.4 Å². The Morgan fingerprint density at radius 2 is 1.86 bits per heavy atom. The second-order valence-corrected chi connectivity index (χ2v) is 14.9. The maximum absolute atomic E-state index is 13.8. The summed E-state index contributed by atoms with van der Waals surface area (Å²) < 4.78 is 40.4. The molecule has 2 aromatic heterocycles. The van der Waals surface area contributed by atoms with Gasteiger partial charge in [-0.25, -0.2) is 18.6 Å². The van der Waals surface area contributed by atoms with Gasteiger partial charge in [0.25, 0.3) is 0 Å². The van der Waals surface area contributed by atoms with Crippen LogP contribution in [-0.2, 0) is 15.7 Å². The van der Waals surface area contributed by atoms with Crippen LogP contribution in [0.15, 0.2) is 42.6 Å². The van der Waals surface area contributed by atoms with Gasteiger partial charge in [0.05, 0.1) is 25.5 Å². The van der Waals surface area contributed by atoms with E-state index >= 15 is 0 Å². The van der Waals surface area contributed by atoms with Crippen molar-refractivity contribution in [1.29, 1.82) is 0 Å². The fraction of sp³-hybridized carbons (Fsp3) is 0.423. The minimum atomic E-state index is -2.04. The number of esters is 1. The fourth-order valence-electron chi connectivity index (χ4n) is 3.41. The van der Waals surface area contributed by atoms with Gasteiger partial charge in [-0.15, -0.1) is 0 Å². The quantitative estimate of drug-likeness (QED) is 0.257. The Kier molecular flexibility index (Phi) is 8.30. The summed E-state index contributed by atoms with van der Waals surface area (Å²) >= 11 is 0. The molecule has 36 heavy (non-hydrogen) atoms. The number of ether oxygens (including phenoxy) is 1. The first kappa shape index (κ1) is 27.5. The Hall–Kier alpha value is -3.11. The number of benzene rings is 1. The molecule has 0 bridgehead atoms. The third kappa shape index (κ3) is 6.36. The zero-order valence-corrected chi connectivity index (χ0v) is 22.9. The summed E-state index contributed by atoms with van der Waals surface area (Å²) in [5, 5.41) is 7.78. The van der Waals surface area contributed by atoms with Crippen LogP contribution in [0.3, 0.4) is 0 Å². The number of anilines is 2. The number of nitrogens with one attached hydrogen (secondary N) is 1. The molecule has 0 aliphatic carbocycles. The van der Waals surface area contributed by atoms with E-state index in [1.54, 1.807) is 22.9 Å². The summed E-state index contributed by atoms with van der Waals surface area (Å²) in [5.41, 5.74) is 1.95. The molecule has 2 heterocycles. The van der Waals surface area contributed by atoms with Crippen LogP contribution in [0.5, 0.6) is 0 Å².